The molecule has 0 atom stereocenters. The van der Waals surface area contributed by atoms with E-state index in [1.54, 1.807) is 6.92 Å². The number of amides is 1. The van der Waals surface area contributed by atoms with Crippen LogP contribution in [0.3, 0.4) is 0 Å². The third-order valence-corrected chi connectivity index (χ3v) is 4.29. The van der Waals surface area contributed by atoms with Gasteiger partial charge in [-0.25, -0.2) is 9.78 Å². The molecule has 3 rings (SSSR count). The molecular weight excluding hydrogens is 308 g/mol. The number of pyridine rings is 1. The van der Waals surface area contributed by atoms with Crippen molar-refractivity contribution < 1.29 is 19.1 Å². The molecule has 0 radical (unpaired) electrons. The van der Waals surface area contributed by atoms with Crippen molar-refractivity contribution in [1.29, 1.82) is 0 Å². The van der Waals surface area contributed by atoms with Gasteiger partial charge in [-0.05, 0) is 50.8 Å². The number of carbonyl (C=O) groups is 2. The summed E-state index contributed by atoms with van der Waals surface area (Å²) in [6.45, 7) is 4.00. The molecule has 1 aromatic heterocycles. The maximum atomic E-state index is 12.3. The highest BCUT2D eigenvalue weighted by Crippen LogP contribution is 2.40. The van der Waals surface area contributed by atoms with Gasteiger partial charge in [0.05, 0.1) is 12.1 Å². The number of benzene rings is 1. The van der Waals surface area contributed by atoms with Crippen molar-refractivity contribution in [3.05, 3.63) is 35.5 Å². The van der Waals surface area contributed by atoms with Gasteiger partial charge in [-0.2, -0.15) is 0 Å². The van der Waals surface area contributed by atoms with Crippen molar-refractivity contribution >= 4 is 22.8 Å². The van der Waals surface area contributed by atoms with E-state index < -0.39 is 11.5 Å². The Hall–Kier alpha value is -2.63. The van der Waals surface area contributed by atoms with E-state index in [0.717, 1.165) is 17.4 Å². The summed E-state index contributed by atoms with van der Waals surface area (Å²) >= 11 is 0. The van der Waals surface area contributed by atoms with Gasteiger partial charge in [0.15, 0.2) is 0 Å². The van der Waals surface area contributed by atoms with Gasteiger partial charge < -0.3 is 15.2 Å². The highest BCUT2D eigenvalue weighted by Gasteiger charge is 2.48. The highest BCUT2D eigenvalue weighted by molar-refractivity contribution is 5.96. The Bertz CT molecular complexity index is 812. The third kappa shape index (κ3) is 2.79. The van der Waals surface area contributed by atoms with E-state index in [2.05, 4.69) is 4.98 Å². The quantitative estimate of drug-likeness (QED) is 0.852. The number of nitrogens with zero attached hydrogens (tertiary/aromatic N) is 1. The Morgan fingerprint density at radius 2 is 2.04 bits per heavy atom. The predicted octanol–water partition coefficient (Wildman–Crippen LogP) is 2.51. The normalized spacial score (nSPS) is 15.6. The monoisotopic (exact) mass is 328 g/mol. The number of aromatic nitrogens is 1. The summed E-state index contributed by atoms with van der Waals surface area (Å²) in [6, 6.07) is 7.15. The van der Waals surface area contributed by atoms with Crippen LogP contribution in [0.2, 0.25) is 0 Å². The van der Waals surface area contributed by atoms with Crippen LogP contribution >= 0.6 is 0 Å². The largest absolute Gasteiger partial charge is 0.475 e. The van der Waals surface area contributed by atoms with E-state index in [9.17, 15) is 9.59 Å². The van der Waals surface area contributed by atoms with E-state index in [0.29, 0.717) is 30.7 Å². The van der Waals surface area contributed by atoms with Crippen LogP contribution < -0.4 is 10.5 Å². The molecule has 1 heterocycles. The molecule has 0 bridgehead atoms. The van der Waals surface area contributed by atoms with Gasteiger partial charge in [0.2, 0.25) is 5.60 Å². The Labute approximate surface area is 140 Å². The van der Waals surface area contributed by atoms with E-state index in [1.165, 1.54) is 6.07 Å². The summed E-state index contributed by atoms with van der Waals surface area (Å²) in [6.07, 6.45) is 2.07. The first-order valence-electron chi connectivity index (χ1n) is 8.02. The second kappa shape index (κ2) is 6.11. The molecule has 0 unspecified atom stereocenters. The van der Waals surface area contributed by atoms with Gasteiger partial charge in [-0.15, -0.1) is 0 Å². The number of rotatable bonds is 5. The van der Waals surface area contributed by atoms with E-state index in [4.69, 9.17) is 15.2 Å². The Kier molecular flexibility index (Phi) is 4.13. The number of esters is 1. The molecule has 1 fully saturated rings. The number of aryl methyl sites for hydroxylation is 1. The molecule has 1 amide bonds. The second-order valence-electron chi connectivity index (χ2n) is 6.06. The van der Waals surface area contributed by atoms with Gasteiger partial charge >= 0.3 is 5.97 Å². The van der Waals surface area contributed by atoms with Crippen LogP contribution in [0.5, 0.6) is 5.75 Å². The molecule has 0 aliphatic heterocycles. The van der Waals surface area contributed by atoms with E-state index >= 15 is 0 Å². The summed E-state index contributed by atoms with van der Waals surface area (Å²) in [4.78, 5) is 28.2. The fourth-order valence-electron chi connectivity index (χ4n) is 2.84. The standard InChI is InChI=1S/C18H20N2O4/c1-3-23-17(22)18(7-4-8-18)24-15-10-14(16(19)21)20-13-9-11(2)5-6-12(13)15/h5-6,9-10H,3-4,7-8H2,1-2H3,(H2,19,21). The summed E-state index contributed by atoms with van der Waals surface area (Å²) < 4.78 is 11.2. The smallest absolute Gasteiger partial charge is 0.350 e. The third-order valence-electron chi connectivity index (χ3n) is 4.29. The number of nitrogens with two attached hydrogens (primary N) is 1. The summed E-state index contributed by atoms with van der Waals surface area (Å²) in [5.41, 5.74) is 6.13. The number of hydrogen-bond acceptors (Lipinski definition) is 5. The molecule has 0 saturated heterocycles. The predicted molar refractivity (Wildman–Crippen MR) is 88.8 cm³/mol. The molecule has 0 spiro atoms. The minimum absolute atomic E-state index is 0.112. The van der Waals surface area contributed by atoms with Gasteiger partial charge in [0.25, 0.3) is 5.91 Å². The lowest BCUT2D eigenvalue weighted by atomic mass is 9.80. The van der Waals surface area contributed by atoms with E-state index in [-0.39, 0.29) is 11.7 Å². The fourth-order valence-corrected chi connectivity index (χ4v) is 2.84. The maximum Gasteiger partial charge on any atom is 0.350 e. The molecule has 24 heavy (non-hydrogen) atoms. The maximum absolute atomic E-state index is 12.3. The topological polar surface area (TPSA) is 91.5 Å². The molecule has 2 aromatic rings. The van der Waals surface area contributed by atoms with Crippen molar-refractivity contribution in [3.63, 3.8) is 0 Å². The summed E-state index contributed by atoms with van der Waals surface area (Å²) in [5, 5.41) is 0.737. The Morgan fingerprint density at radius 3 is 2.62 bits per heavy atom. The minimum atomic E-state index is -0.982. The van der Waals surface area contributed by atoms with Gasteiger partial charge in [0, 0.05) is 11.5 Å². The average molecular weight is 328 g/mol. The number of primary amides is 1. The number of carbonyl (C=O) groups excluding carboxylic acids is 2. The minimum Gasteiger partial charge on any atom is -0.475 e. The second-order valence-corrected chi connectivity index (χ2v) is 6.06. The van der Waals surface area contributed by atoms with Crippen LogP contribution in [-0.4, -0.2) is 29.1 Å². The van der Waals surface area contributed by atoms with Crippen LogP contribution in [0.15, 0.2) is 24.3 Å². The van der Waals surface area contributed by atoms with Crippen LogP contribution in [0.4, 0.5) is 0 Å². The van der Waals surface area contributed by atoms with Crippen molar-refractivity contribution in [1.82, 2.24) is 4.98 Å². The molecule has 2 N–H and O–H groups in total. The SMILES string of the molecule is CCOC(=O)C1(Oc2cc(C(N)=O)nc3cc(C)ccc23)CCC1. The average Bonchev–Trinajstić information content (AvgIpc) is 2.50. The first kappa shape index (κ1) is 16.2. The zero-order valence-corrected chi connectivity index (χ0v) is 13.8. The van der Waals surface area contributed by atoms with Crippen molar-refractivity contribution in [2.75, 3.05) is 6.61 Å². The highest BCUT2D eigenvalue weighted by atomic mass is 16.6. The lowest BCUT2D eigenvalue weighted by Crippen LogP contribution is -2.51. The summed E-state index contributed by atoms with van der Waals surface area (Å²) in [5.74, 6) is -0.572. The number of hydrogen-bond donors (Lipinski definition) is 1. The first-order valence-corrected chi connectivity index (χ1v) is 8.02. The van der Waals surface area contributed by atoms with Crippen LogP contribution in [0, 0.1) is 6.92 Å². The van der Waals surface area contributed by atoms with Gasteiger partial charge in [-0.1, -0.05) is 6.07 Å². The van der Waals surface area contributed by atoms with Crippen molar-refractivity contribution in [2.24, 2.45) is 5.73 Å². The lowest BCUT2D eigenvalue weighted by molar-refractivity contribution is -0.169. The molecular formula is C18H20N2O4. The molecule has 6 nitrogen and oxygen atoms in total. The van der Waals surface area contributed by atoms with Gasteiger partial charge in [-0.3, -0.25) is 4.79 Å². The molecule has 6 heteroatoms. The van der Waals surface area contributed by atoms with Crippen LogP contribution in [-0.2, 0) is 9.53 Å². The number of ether oxygens (including phenoxy) is 2. The van der Waals surface area contributed by atoms with Crippen LogP contribution in [0.1, 0.15) is 42.2 Å². The van der Waals surface area contributed by atoms with Gasteiger partial charge in [0.1, 0.15) is 11.4 Å². The van der Waals surface area contributed by atoms with Crippen molar-refractivity contribution in [2.45, 2.75) is 38.7 Å². The molecule has 126 valence electrons. The van der Waals surface area contributed by atoms with Crippen LogP contribution in [0.25, 0.3) is 10.9 Å². The fraction of sp³-hybridized carbons (Fsp3) is 0.389. The molecule has 1 saturated carbocycles. The molecule has 1 aromatic carbocycles. The Morgan fingerprint density at radius 1 is 1.29 bits per heavy atom. The zero-order chi connectivity index (χ0) is 17.3. The first-order chi connectivity index (χ1) is 11.4. The summed E-state index contributed by atoms with van der Waals surface area (Å²) in [7, 11) is 0. The number of fused-ring (bicyclic) bond motifs is 1. The van der Waals surface area contributed by atoms with Crippen molar-refractivity contribution in [3.8, 4) is 5.75 Å². The molecule has 1 aliphatic rings. The zero-order valence-electron chi connectivity index (χ0n) is 13.8. The van der Waals surface area contributed by atoms with E-state index in [1.807, 2.05) is 25.1 Å². The Balaban J connectivity index is 2.07. The molecule has 1 aliphatic carbocycles. The lowest BCUT2D eigenvalue weighted by Gasteiger charge is -2.39.